The first-order valence-corrected chi connectivity index (χ1v) is 15.2. The van der Waals surface area contributed by atoms with E-state index < -0.39 is 0 Å². The monoisotopic (exact) mass is 577 g/mol. The van der Waals surface area contributed by atoms with Gasteiger partial charge in [0.05, 0.1) is 22.1 Å². The molecule has 6 aromatic carbocycles. The van der Waals surface area contributed by atoms with Crippen LogP contribution in [0.15, 0.2) is 163 Å². The summed E-state index contributed by atoms with van der Waals surface area (Å²) in [4.78, 5) is 4.71. The maximum Gasteiger partial charge on any atom is 0.0541 e. The Balaban J connectivity index is 1.09. The highest BCUT2D eigenvalue weighted by molar-refractivity contribution is 6.11. The molecule has 3 heteroatoms. The molecule has 0 bridgehead atoms. The third kappa shape index (κ3) is 4.57. The maximum absolute atomic E-state index is 4.71. The number of allylic oxidation sites excluding steroid dienone is 2. The zero-order valence-electron chi connectivity index (χ0n) is 25.1. The quantitative estimate of drug-likeness (QED) is 0.175. The lowest BCUT2D eigenvalue weighted by Gasteiger charge is -2.10. The molecule has 0 N–H and O–H groups in total. The number of hydrogen-bond donors (Lipinski definition) is 0. The molecule has 0 aliphatic heterocycles. The topological polar surface area (TPSA) is 22.2 Å². The standard InChI is InChI=1S/C42H31N3/c1-29(31-13-11-15-33(25-31)44-39-21-7-3-17-35(39)36-18-4-8-22-40(36)44)27-43-28-30(2)32-14-12-16-34(26-32)45-41-23-9-5-19-37(41)38-20-6-10-24-42(38)45/h3-28H,1H2,2H3/b30-28+,43-27?. The molecule has 0 unspecified atom stereocenters. The average molecular weight is 578 g/mol. The van der Waals surface area contributed by atoms with Gasteiger partial charge in [0.15, 0.2) is 0 Å². The molecule has 214 valence electrons. The predicted octanol–water partition coefficient (Wildman–Crippen LogP) is 11.0. The Morgan fingerprint density at radius 3 is 1.38 bits per heavy atom. The van der Waals surface area contributed by atoms with Crippen LogP contribution >= 0.6 is 0 Å². The van der Waals surface area contributed by atoms with E-state index in [1.807, 2.05) is 12.4 Å². The molecule has 0 saturated heterocycles. The maximum atomic E-state index is 4.71. The Bertz CT molecular complexity index is 2360. The third-order valence-corrected chi connectivity index (χ3v) is 8.69. The fraction of sp³-hybridized carbons (Fsp3) is 0.0238. The fourth-order valence-corrected chi connectivity index (χ4v) is 6.52. The number of benzene rings is 6. The molecule has 0 saturated carbocycles. The lowest BCUT2D eigenvalue weighted by atomic mass is 10.1. The molecule has 0 fully saturated rings. The van der Waals surface area contributed by atoms with E-state index in [-0.39, 0.29) is 0 Å². The van der Waals surface area contributed by atoms with E-state index in [1.165, 1.54) is 43.6 Å². The Kier molecular flexibility index (Phi) is 6.50. The number of aromatic nitrogens is 2. The van der Waals surface area contributed by atoms with Crippen molar-refractivity contribution in [3.05, 3.63) is 169 Å². The van der Waals surface area contributed by atoms with Crippen LogP contribution in [0.2, 0.25) is 0 Å². The van der Waals surface area contributed by atoms with Crippen LogP contribution in [-0.2, 0) is 0 Å². The molecule has 3 nitrogen and oxygen atoms in total. The Morgan fingerprint density at radius 2 is 0.911 bits per heavy atom. The highest BCUT2D eigenvalue weighted by Crippen LogP contribution is 2.34. The highest BCUT2D eigenvalue weighted by Gasteiger charge is 2.13. The minimum atomic E-state index is 0.862. The molecule has 0 atom stereocenters. The van der Waals surface area contributed by atoms with Crippen LogP contribution in [0.25, 0.3) is 66.1 Å². The van der Waals surface area contributed by atoms with Gasteiger partial charge in [-0.25, -0.2) is 0 Å². The van der Waals surface area contributed by atoms with Crippen LogP contribution in [0.3, 0.4) is 0 Å². The van der Waals surface area contributed by atoms with Gasteiger partial charge in [0, 0.05) is 45.3 Å². The molecule has 0 radical (unpaired) electrons. The van der Waals surface area contributed by atoms with Gasteiger partial charge >= 0.3 is 0 Å². The minimum Gasteiger partial charge on any atom is -0.309 e. The van der Waals surface area contributed by atoms with Gasteiger partial charge in [0.2, 0.25) is 0 Å². The molecule has 45 heavy (non-hydrogen) atoms. The molecule has 0 aliphatic rings. The van der Waals surface area contributed by atoms with Gasteiger partial charge in [-0.3, -0.25) is 4.99 Å². The van der Waals surface area contributed by atoms with Crippen LogP contribution in [0.5, 0.6) is 0 Å². The number of nitrogens with zero attached hydrogens (tertiary/aromatic N) is 3. The lowest BCUT2D eigenvalue weighted by molar-refractivity contribution is 1.18. The van der Waals surface area contributed by atoms with Crippen molar-refractivity contribution in [1.29, 1.82) is 0 Å². The van der Waals surface area contributed by atoms with E-state index >= 15 is 0 Å². The molecule has 0 spiro atoms. The smallest absolute Gasteiger partial charge is 0.0541 e. The van der Waals surface area contributed by atoms with Crippen LogP contribution in [0.1, 0.15) is 18.1 Å². The number of para-hydroxylation sites is 4. The second kappa shape index (κ2) is 11.0. The second-order valence-electron chi connectivity index (χ2n) is 11.5. The summed E-state index contributed by atoms with van der Waals surface area (Å²) in [6.07, 6.45) is 3.78. The molecule has 0 aliphatic carbocycles. The highest BCUT2D eigenvalue weighted by atomic mass is 15.0. The zero-order valence-corrected chi connectivity index (χ0v) is 25.1. The van der Waals surface area contributed by atoms with E-state index in [1.54, 1.807) is 0 Å². The Labute approximate surface area is 262 Å². The summed E-state index contributed by atoms with van der Waals surface area (Å²) in [5.41, 5.74) is 11.1. The summed E-state index contributed by atoms with van der Waals surface area (Å²) in [5.74, 6) is 0. The van der Waals surface area contributed by atoms with Crippen molar-refractivity contribution < 1.29 is 0 Å². The van der Waals surface area contributed by atoms with Gasteiger partial charge in [0.25, 0.3) is 0 Å². The number of fused-ring (bicyclic) bond motifs is 6. The van der Waals surface area contributed by atoms with E-state index in [9.17, 15) is 0 Å². The number of rotatable bonds is 6. The molecular weight excluding hydrogens is 546 g/mol. The molecule has 0 amide bonds. The first-order chi connectivity index (χ1) is 22.2. The number of hydrogen-bond acceptors (Lipinski definition) is 1. The Hall–Kier alpha value is -5.93. The summed E-state index contributed by atoms with van der Waals surface area (Å²) < 4.78 is 4.67. The van der Waals surface area contributed by atoms with Crippen molar-refractivity contribution in [2.45, 2.75) is 6.92 Å². The van der Waals surface area contributed by atoms with E-state index in [0.29, 0.717) is 0 Å². The SMILES string of the molecule is C=C(C=N/C=C(\C)c1cccc(-n2c3ccccc3c3ccccc32)c1)c1cccc(-n2c3ccccc3c3ccccc32)c1. The second-order valence-corrected chi connectivity index (χ2v) is 11.5. The van der Waals surface area contributed by atoms with Crippen LogP contribution in [0.4, 0.5) is 0 Å². The van der Waals surface area contributed by atoms with Crippen molar-refractivity contribution in [3.8, 4) is 11.4 Å². The van der Waals surface area contributed by atoms with Crippen molar-refractivity contribution in [2.24, 2.45) is 4.99 Å². The Morgan fingerprint density at radius 1 is 0.511 bits per heavy atom. The largest absolute Gasteiger partial charge is 0.309 e. The molecule has 8 aromatic rings. The van der Waals surface area contributed by atoms with Gasteiger partial charge < -0.3 is 9.13 Å². The van der Waals surface area contributed by atoms with Crippen molar-refractivity contribution in [1.82, 2.24) is 9.13 Å². The van der Waals surface area contributed by atoms with E-state index in [2.05, 4.69) is 168 Å². The molecule has 2 heterocycles. The van der Waals surface area contributed by atoms with Gasteiger partial charge in [-0.15, -0.1) is 0 Å². The van der Waals surface area contributed by atoms with Crippen LogP contribution in [-0.4, -0.2) is 15.3 Å². The molecule has 2 aromatic heterocycles. The summed E-state index contributed by atoms with van der Waals surface area (Å²) in [7, 11) is 0. The van der Waals surface area contributed by atoms with Gasteiger partial charge in [-0.05, 0) is 77.7 Å². The van der Waals surface area contributed by atoms with E-state index in [0.717, 1.165) is 33.6 Å². The van der Waals surface area contributed by atoms with Crippen LogP contribution in [0, 0.1) is 0 Å². The average Bonchev–Trinajstić information content (AvgIpc) is 3.61. The van der Waals surface area contributed by atoms with Crippen LogP contribution < -0.4 is 0 Å². The minimum absolute atomic E-state index is 0.862. The predicted molar refractivity (Wildman–Crippen MR) is 193 cm³/mol. The lowest BCUT2D eigenvalue weighted by Crippen LogP contribution is -1.95. The van der Waals surface area contributed by atoms with Gasteiger partial charge in [0.1, 0.15) is 0 Å². The third-order valence-electron chi connectivity index (χ3n) is 8.69. The summed E-state index contributed by atoms with van der Waals surface area (Å²) >= 11 is 0. The molecule has 8 rings (SSSR count). The first-order valence-electron chi connectivity index (χ1n) is 15.2. The fourth-order valence-electron chi connectivity index (χ4n) is 6.52. The molecular formula is C42H31N3. The summed E-state index contributed by atoms with van der Waals surface area (Å²) in [6, 6.07) is 51.6. The normalized spacial score (nSPS) is 12.2. The van der Waals surface area contributed by atoms with Crippen molar-refractivity contribution in [2.75, 3.05) is 0 Å². The van der Waals surface area contributed by atoms with Crippen molar-refractivity contribution >= 4 is 61.0 Å². The zero-order chi connectivity index (χ0) is 30.3. The van der Waals surface area contributed by atoms with Gasteiger partial charge in [-0.1, -0.05) is 104 Å². The summed E-state index contributed by atoms with van der Waals surface area (Å²) in [5, 5.41) is 5.02. The first kappa shape index (κ1) is 26.7. The van der Waals surface area contributed by atoms with Gasteiger partial charge in [-0.2, -0.15) is 0 Å². The van der Waals surface area contributed by atoms with E-state index in [4.69, 9.17) is 4.99 Å². The summed E-state index contributed by atoms with van der Waals surface area (Å²) in [6.45, 7) is 6.46. The number of aliphatic imine (C=N–C) groups is 1. The van der Waals surface area contributed by atoms with Crippen molar-refractivity contribution in [3.63, 3.8) is 0 Å².